The summed E-state index contributed by atoms with van der Waals surface area (Å²) in [6, 6.07) is 26.6. The van der Waals surface area contributed by atoms with E-state index in [1.54, 1.807) is 41.3 Å². The molecule has 5 aromatic rings. The number of nitrogens with one attached hydrogen (secondary N) is 2. The van der Waals surface area contributed by atoms with E-state index >= 15 is 0 Å². The lowest BCUT2D eigenvalue weighted by molar-refractivity contribution is -0.137. The van der Waals surface area contributed by atoms with Crippen LogP contribution in [-0.2, 0) is 24.1 Å². The number of hydrogen-bond acceptors (Lipinski definition) is 6. The van der Waals surface area contributed by atoms with Gasteiger partial charge in [0.15, 0.2) is 5.76 Å². The Labute approximate surface area is 273 Å². The van der Waals surface area contributed by atoms with Crippen molar-refractivity contribution in [1.82, 2.24) is 10.3 Å². The highest BCUT2D eigenvalue weighted by Gasteiger charge is 2.39. The van der Waals surface area contributed by atoms with E-state index in [1.165, 1.54) is 12.3 Å². The highest BCUT2D eigenvalue weighted by molar-refractivity contribution is 6.06. The number of carbonyl (C=O) groups excluding carboxylic acids is 2. The normalized spacial score (nSPS) is 15.2. The Hall–Kier alpha value is -5.78. The quantitative estimate of drug-likeness (QED) is 0.184. The molecule has 9 nitrogen and oxygen atoms in total. The van der Waals surface area contributed by atoms with Crippen LogP contribution >= 0.6 is 0 Å². The van der Waals surface area contributed by atoms with Crippen molar-refractivity contribution in [2.45, 2.75) is 31.8 Å². The van der Waals surface area contributed by atoms with Crippen molar-refractivity contribution in [2.24, 2.45) is 0 Å². The SMILES string of the molecule is O=C(NCc1ncc(-c2cccc(NC(=O)N3c4cc(-c5cccc(C(F)(F)F)c5)ccc4N4CC[C@H]3C4)c2)o1)OCc1ccccc1. The summed E-state index contributed by atoms with van der Waals surface area (Å²) in [5.74, 6) is 0.726. The maximum Gasteiger partial charge on any atom is 0.416 e. The number of alkyl halides is 3. The standard InChI is InChI=1S/C36H30F3N5O4/c37-36(38,39)27-10-4-8-24(16-27)25-12-13-30-31(18-25)44(29-14-15-43(30)21-29)34(45)42-28-11-5-9-26(17-28)32-19-40-33(48-32)20-41-35(46)47-22-23-6-2-1-3-7-23/h1-13,16-19,29H,14-15,20-22H2,(H,41,46)(H,42,45)/t29-/m0/s1. The average molecular weight is 654 g/mol. The van der Waals surface area contributed by atoms with Crippen LogP contribution in [0, 0.1) is 0 Å². The zero-order chi connectivity index (χ0) is 33.3. The maximum atomic E-state index is 13.9. The Morgan fingerprint density at radius 2 is 1.69 bits per heavy atom. The summed E-state index contributed by atoms with van der Waals surface area (Å²) in [6.45, 7) is 1.60. The molecular weight excluding hydrogens is 623 g/mol. The van der Waals surface area contributed by atoms with Crippen molar-refractivity contribution in [1.29, 1.82) is 0 Å². The number of rotatable bonds is 7. The highest BCUT2D eigenvalue weighted by atomic mass is 19.4. The van der Waals surface area contributed by atoms with Gasteiger partial charge in [-0.2, -0.15) is 13.2 Å². The number of alkyl carbamates (subject to hydrolysis) is 1. The van der Waals surface area contributed by atoms with Crippen LogP contribution < -0.4 is 20.4 Å². The molecule has 2 aliphatic rings. The van der Waals surface area contributed by atoms with Crippen LogP contribution in [0.15, 0.2) is 108 Å². The lowest BCUT2D eigenvalue weighted by Crippen LogP contribution is -2.47. The van der Waals surface area contributed by atoms with E-state index < -0.39 is 17.8 Å². The maximum absolute atomic E-state index is 13.9. The van der Waals surface area contributed by atoms with E-state index in [4.69, 9.17) is 9.15 Å². The summed E-state index contributed by atoms with van der Waals surface area (Å²) in [4.78, 5) is 34.1. The van der Waals surface area contributed by atoms with E-state index in [0.717, 1.165) is 36.3 Å². The topological polar surface area (TPSA) is 99.9 Å². The van der Waals surface area contributed by atoms with Gasteiger partial charge in [-0.15, -0.1) is 0 Å². The predicted octanol–water partition coefficient (Wildman–Crippen LogP) is 8.08. The molecule has 1 saturated heterocycles. The molecule has 1 atom stereocenters. The van der Waals surface area contributed by atoms with Crippen molar-refractivity contribution in [2.75, 3.05) is 28.2 Å². The van der Waals surface area contributed by atoms with Gasteiger partial charge in [0.05, 0.1) is 35.7 Å². The van der Waals surface area contributed by atoms with Crippen LogP contribution in [0.1, 0.15) is 23.4 Å². The summed E-state index contributed by atoms with van der Waals surface area (Å²) < 4.78 is 51.3. The molecule has 0 saturated carbocycles. The smallest absolute Gasteiger partial charge is 0.416 e. The molecule has 4 aromatic carbocycles. The zero-order valence-corrected chi connectivity index (χ0v) is 25.5. The number of amides is 3. The Bertz CT molecular complexity index is 1960. The second-order valence-electron chi connectivity index (χ2n) is 11.6. The molecule has 0 spiro atoms. The first kappa shape index (κ1) is 30.9. The molecule has 0 unspecified atom stereocenters. The van der Waals surface area contributed by atoms with E-state index in [0.29, 0.717) is 40.4 Å². The van der Waals surface area contributed by atoms with Gasteiger partial charge in [0, 0.05) is 24.3 Å². The molecule has 3 heterocycles. The van der Waals surface area contributed by atoms with Crippen LogP contribution in [0.5, 0.6) is 0 Å². The first-order chi connectivity index (χ1) is 23.2. The van der Waals surface area contributed by atoms with Crippen molar-refractivity contribution in [3.63, 3.8) is 0 Å². The van der Waals surface area contributed by atoms with Gasteiger partial charge in [-0.1, -0.05) is 60.7 Å². The van der Waals surface area contributed by atoms with Crippen molar-refractivity contribution in [3.8, 4) is 22.5 Å². The van der Waals surface area contributed by atoms with Gasteiger partial charge >= 0.3 is 18.3 Å². The minimum Gasteiger partial charge on any atom is -0.445 e. The summed E-state index contributed by atoms with van der Waals surface area (Å²) in [7, 11) is 0. The van der Waals surface area contributed by atoms with Crippen LogP contribution in [0.2, 0.25) is 0 Å². The number of ether oxygens (including phenoxy) is 1. The van der Waals surface area contributed by atoms with Gasteiger partial charge in [0.2, 0.25) is 5.89 Å². The molecule has 1 aromatic heterocycles. The molecule has 48 heavy (non-hydrogen) atoms. The molecule has 1 fully saturated rings. The number of aromatic nitrogens is 1. The van der Waals surface area contributed by atoms with E-state index in [-0.39, 0.29) is 31.1 Å². The monoisotopic (exact) mass is 653 g/mol. The summed E-state index contributed by atoms with van der Waals surface area (Å²) in [5.41, 5.74) is 3.82. The molecule has 7 rings (SSSR count). The highest BCUT2D eigenvalue weighted by Crippen LogP contribution is 2.43. The zero-order valence-electron chi connectivity index (χ0n) is 25.5. The predicted molar refractivity (Wildman–Crippen MR) is 174 cm³/mol. The van der Waals surface area contributed by atoms with E-state index in [2.05, 4.69) is 20.5 Å². The molecule has 12 heteroatoms. The number of oxazole rings is 1. The molecule has 2 N–H and O–H groups in total. The van der Waals surface area contributed by atoms with Crippen LogP contribution in [-0.4, -0.2) is 36.2 Å². The number of halogens is 3. The number of nitrogens with zero attached hydrogens (tertiary/aromatic N) is 3. The number of anilines is 3. The Kier molecular flexibility index (Phi) is 8.22. The fourth-order valence-electron chi connectivity index (χ4n) is 6.06. The summed E-state index contributed by atoms with van der Waals surface area (Å²) in [6.07, 6.45) is -2.77. The largest absolute Gasteiger partial charge is 0.445 e. The third-order valence-corrected chi connectivity index (χ3v) is 8.39. The second kappa shape index (κ2) is 12.8. The van der Waals surface area contributed by atoms with Crippen LogP contribution in [0.3, 0.4) is 0 Å². The number of fused-ring (bicyclic) bond motifs is 4. The molecule has 0 radical (unpaired) electrons. The van der Waals surface area contributed by atoms with Gasteiger partial charge < -0.3 is 24.7 Å². The summed E-state index contributed by atoms with van der Waals surface area (Å²) in [5, 5.41) is 5.61. The van der Waals surface area contributed by atoms with Crippen LogP contribution in [0.4, 0.5) is 39.8 Å². The Morgan fingerprint density at radius 1 is 0.896 bits per heavy atom. The average Bonchev–Trinajstić information content (AvgIpc) is 3.75. The second-order valence-corrected chi connectivity index (χ2v) is 11.6. The molecule has 3 amide bonds. The van der Waals surface area contributed by atoms with Crippen molar-refractivity contribution >= 4 is 29.2 Å². The Balaban J connectivity index is 1.05. The van der Waals surface area contributed by atoms with E-state index in [9.17, 15) is 22.8 Å². The third-order valence-electron chi connectivity index (χ3n) is 8.39. The number of hydrogen-bond donors (Lipinski definition) is 2. The minimum atomic E-state index is -4.46. The molecule has 0 aliphatic carbocycles. The summed E-state index contributed by atoms with van der Waals surface area (Å²) >= 11 is 0. The fraction of sp³-hybridized carbons (Fsp3) is 0.194. The van der Waals surface area contributed by atoms with Crippen molar-refractivity contribution < 1.29 is 31.9 Å². The van der Waals surface area contributed by atoms with Gasteiger partial charge in [-0.25, -0.2) is 14.6 Å². The van der Waals surface area contributed by atoms with Gasteiger partial charge in [-0.05, 0) is 59.5 Å². The number of carbonyl (C=O) groups is 2. The Morgan fingerprint density at radius 3 is 2.52 bits per heavy atom. The third kappa shape index (κ3) is 6.55. The first-order valence-corrected chi connectivity index (χ1v) is 15.4. The first-order valence-electron chi connectivity index (χ1n) is 15.4. The number of benzene rings is 4. The van der Waals surface area contributed by atoms with Gasteiger partial charge in [0.25, 0.3) is 0 Å². The molecule has 244 valence electrons. The molecule has 2 aliphatic heterocycles. The lowest BCUT2D eigenvalue weighted by Gasteiger charge is -2.37. The molecular formula is C36H30F3N5O4. The minimum absolute atomic E-state index is 0.0271. The van der Waals surface area contributed by atoms with Crippen molar-refractivity contribution in [3.05, 3.63) is 120 Å². The van der Waals surface area contributed by atoms with Gasteiger partial charge in [-0.3, -0.25) is 4.90 Å². The van der Waals surface area contributed by atoms with Gasteiger partial charge in [0.1, 0.15) is 6.61 Å². The molecule has 2 bridgehead atoms. The van der Waals surface area contributed by atoms with E-state index in [1.807, 2.05) is 42.5 Å². The fourth-order valence-corrected chi connectivity index (χ4v) is 6.06. The van der Waals surface area contributed by atoms with Crippen LogP contribution in [0.25, 0.3) is 22.5 Å². The lowest BCUT2D eigenvalue weighted by atomic mass is 10.00. The number of urea groups is 1.